The van der Waals surface area contributed by atoms with Crippen molar-refractivity contribution in [3.8, 4) is 5.75 Å². The molecule has 0 aromatic heterocycles. The van der Waals surface area contributed by atoms with Gasteiger partial charge in [-0.3, -0.25) is 4.79 Å². The van der Waals surface area contributed by atoms with Gasteiger partial charge in [0.1, 0.15) is 5.75 Å². The van der Waals surface area contributed by atoms with Gasteiger partial charge in [-0.2, -0.15) is 0 Å². The van der Waals surface area contributed by atoms with Gasteiger partial charge in [-0.05, 0) is 23.3 Å². The van der Waals surface area contributed by atoms with Crippen molar-refractivity contribution >= 4 is 23.2 Å². The predicted molar refractivity (Wildman–Crippen MR) is 84.7 cm³/mol. The van der Waals surface area contributed by atoms with Crippen LogP contribution < -0.4 is 15.8 Å². The van der Waals surface area contributed by atoms with Crippen molar-refractivity contribution in [3.05, 3.63) is 58.6 Å². The molecule has 0 fully saturated rings. The first-order valence-electron chi connectivity index (χ1n) is 6.54. The number of carbonyl (C=O) groups excluding carboxylic acids is 1. The lowest BCUT2D eigenvalue weighted by Gasteiger charge is -2.10. The predicted octanol–water partition coefficient (Wildman–Crippen LogP) is 2.99. The highest BCUT2D eigenvalue weighted by Crippen LogP contribution is 2.27. The second-order valence-electron chi connectivity index (χ2n) is 4.55. The fourth-order valence-electron chi connectivity index (χ4n) is 2.04. The van der Waals surface area contributed by atoms with Crippen molar-refractivity contribution < 1.29 is 9.53 Å². The quantitative estimate of drug-likeness (QED) is 0.892. The minimum Gasteiger partial charge on any atom is -0.495 e. The monoisotopic (exact) mass is 304 g/mol. The maximum absolute atomic E-state index is 12.1. The van der Waals surface area contributed by atoms with Crippen LogP contribution in [0.2, 0.25) is 5.02 Å². The third-order valence-electron chi connectivity index (χ3n) is 3.12. The molecular weight excluding hydrogens is 288 g/mol. The first-order chi connectivity index (χ1) is 10.1. The summed E-state index contributed by atoms with van der Waals surface area (Å²) < 4.78 is 5.12. The minimum atomic E-state index is -0.111. The van der Waals surface area contributed by atoms with E-state index in [-0.39, 0.29) is 12.3 Å². The zero-order valence-electron chi connectivity index (χ0n) is 11.7. The van der Waals surface area contributed by atoms with Gasteiger partial charge in [0, 0.05) is 18.3 Å². The van der Waals surface area contributed by atoms with Gasteiger partial charge in [0.15, 0.2) is 0 Å². The highest BCUT2D eigenvalue weighted by molar-refractivity contribution is 6.32. The van der Waals surface area contributed by atoms with Crippen LogP contribution in [0.1, 0.15) is 11.1 Å². The molecule has 21 heavy (non-hydrogen) atoms. The number of hydrogen-bond donors (Lipinski definition) is 2. The van der Waals surface area contributed by atoms with Crippen LogP contribution in [-0.2, 0) is 17.8 Å². The zero-order valence-corrected chi connectivity index (χ0v) is 12.5. The Bertz CT molecular complexity index is 644. The lowest BCUT2D eigenvalue weighted by molar-refractivity contribution is -0.115. The molecule has 110 valence electrons. The summed E-state index contributed by atoms with van der Waals surface area (Å²) >= 11 is 5.95. The summed E-state index contributed by atoms with van der Waals surface area (Å²) in [6.45, 7) is 0.415. The van der Waals surface area contributed by atoms with Gasteiger partial charge in [-0.15, -0.1) is 0 Å². The van der Waals surface area contributed by atoms with Crippen LogP contribution in [0.3, 0.4) is 0 Å². The van der Waals surface area contributed by atoms with Crippen molar-refractivity contribution in [2.75, 3.05) is 12.4 Å². The molecule has 0 heterocycles. The topological polar surface area (TPSA) is 64.3 Å². The maximum atomic E-state index is 12.1. The van der Waals surface area contributed by atoms with Crippen LogP contribution in [0.25, 0.3) is 0 Å². The lowest BCUT2D eigenvalue weighted by atomic mass is 10.0. The van der Waals surface area contributed by atoms with Crippen molar-refractivity contribution in [2.24, 2.45) is 5.73 Å². The zero-order chi connectivity index (χ0) is 15.2. The number of nitrogens with two attached hydrogens (primary N) is 1. The van der Waals surface area contributed by atoms with Gasteiger partial charge < -0.3 is 15.8 Å². The second-order valence-corrected chi connectivity index (χ2v) is 4.95. The Morgan fingerprint density at radius 3 is 2.62 bits per heavy atom. The van der Waals surface area contributed by atoms with E-state index in [1.165, 1.54) is 7.11 Å². The molecule has 0 aliphatic rings. The molecule has 2 aromatic rings. The van der Waals surface area contributed by atoms with E-state index in [2.05, 4.69) is 5.32 Å². The Morgan fingerprint density at radius 2 is 1.95 bits per heavy atom. The normalized spacial score (nSPS) is 10.2. The number of benzene rings is 2. The Labute approximate surface area is 128 Å². The lowest BCUT2D eigenvalue weighted by Crippen LogP contribution is -2.16. The molecule has 2 rings (SSSR count). The molecule has 0 aliphatic heterocycles. The standard InChI is InChI=1S/C16H17ClN2O2/c1-21-15-9-13(6-7-14(15)17)19-16(20)8-11-4-2-3-5-12(11)10-18/h2-7,9H,8,10,18H2,1H3,(H,19,20). The van der Waals surface area contributed by atoms with Crippen LogP contribution in [0.15, 0.2) is 42.5 Å². The van der Waals surface area contributed by atoms with Crippen LogP contribution >= 0.6 is 11.6 Å². The molecule has 3 N–H and O–H groups in total. The molecule has 0 aliphatic carbocycles. The van der Waals surface area contributed by atoms with Crippen molar-refractivity contribution in [2.45, 2.75) is 13.0 Å². The number of halogens is 1. The van der Waals surface area contributed by atoms with Crippen LogP contribution in [0.5, 0.6) is 5.75 Å². The molecule has 0 radical (unpaired) electrons. The highest BCUT2D eigenvalue weighted by atomic mass is 35.5. The van der Waals surface area contributed by atoms with Crippen LogP contribution in [0, 0.1) is 0 Å². The van der Waals surface area contributed by atoms with Crippen molar-refractivity contribution in [1.29, 1.82) is 0 Å². The Hall–Kier alpha value is -2.04. The molecule has 0 atom stereocenters. The Balaban J connectivity index is 2.08. The third kappa shape index (κ3) is 3.97. The Morgan fingerprint density at radius 1 is 1.24 bits per heavy atom. The van der Waals surface area contributed by atoms with Crippen LogP contribution in [0.4, 0.5) is 5.69 Å². The number of amides is 1. The molecule has 0 bridgehead atoms. The molecule has 4 nitrogen and oxygen atoms in total. The molecule has 0 saturated carbocycles. The van der Waals surface area contributed by atoms with Crippen LogP contribution in [-0.4, -0.2) is 13.0 Å². The van der Waals surface area contributed by atoms with E-state index < -0.39 is 0 Å². The molecule has 1 amide bonds. The summed E-state index contributed by atoms with van der Waals surface area (Å²) in [6.07, 6.45) is 0.276. The number of carbonyl (C=O) groups is 1. The number of hydrogen-bond acceptors (Lipinski definition) is 3. The summed E-state index contributed by atoms with van der Waals surface area (Å²) in [5.74, 6) is 0.414. The fraction of sp³-hybridized carbons (Fsp3) is 0.188. The molecule has 2 aromatic carbocycles. The average Bonchev–Trinajstić information content (AvgIpc) is 2.49. The first-order valence-corrected chi connectivity index (χ1v) is 6.92. The average molecular weight is 305 g/mol. The van der Waals surface area contributed by atoms with E-state index in [1.54, 1.807) is 18.2 Å². The van der Waals surface area contributed by atoms with E-state index in [1.807, 2.05) is 24.3 Å². The van der Waals surface area contributed by atoms with Gasteiger partial charge in [0.2, 0.25) is 5.91 Å². The Kier molecular flexibility index (Phi) is 5.20. The summed E-state index contributed by atoms with van der Waals surface area (Å²) in [7, 11) is 1.53. The second kappa shape index (κ2) is 7.11. The number of methoxy groups -OCH3 is 1. The van der Waals surface area contributed by atoms with Gasteiger partial charge >= 0.3 is 0 Å². The summed E-state index contributed by atoms with van der Waals surface area (Å²) in [4.78, 5) is 12.1. The molecular formula is C16H17ClN2O2. The number of rotatable bonds is 5. The molecule has 0 unspecified atom stereocenters. The summed E-state index contributed by atoms with van der Waals surface area (Å²) in [6, 6.07) is 12.7. The number of ether oxygens (including phenoxy) is 1. The van der Waals surface area contributed by atoms with Gasteiger partial charge in [0.25, 0.3) is 0 Å². The van der Waals surface area contributed by atoms with Gasteiger partial charge in [0.05, 0.1) is 18.6 Å². The minimum absolute atomic E-state index is 0.111. The SMILES string of the molecule is COc1cc(NC(=O)Cc2ccccc2CN)ccc1Cl. The molecule has 5 heteroatoms. The number of anilines is 1. The molecule has 0 saturated heterocycles. The smallest absolute Gasteiger partial charge is 0.228 e. The highest BCUT2D eigenvalue weighted by Gasteiger charge is 2.09. The maximum Gasteiger partial charge on any atom is 0.228 e. The van der Waals surface area contributed by atoms with E-state index in [0.29, 0.717) is 23.0 Å². The summed E-state index contributed by atoms with van der Waals surface area (Å²) in [5.41, 5.74) is 8.22. The largest absolute Gasteiger partial charge is 0.495 e. The number of nitrogens with one attached hydrogen (secondary N) is 1. The van der Waals surface area contributed by atoms with E-state index in [4.69, 9.17) is 22.1 Å². The van der Waals surface area contributed by atoms with E-state index >= 15 is 0 Å². The van der Waals surface area contributed by atoms with Crippen molar-refractivity contribution in [3.63, 3.8) is 0 Å². The fourth-order valence-corrected chi connectivity index (χ4v) is 2.24. The summed E-state index contributed by atoms with van der Waals surface area (Å²) in [5, 5.41) is 3.33. The van der Waals surface area contributed by atoms with Gasteiger partial charge in [-0.1, -0.05) is 35.9 Å². The van der Waals surface area contributed by atoms with E-state index in [0.717, 1.165) is 11.1 Å². The molecule has 0 spiro atoms. The first kappa shape index (κ1) is 15.4. The third-order valence-corrected chi connectivity index (χ3v) is 3.44. The van der Waals surface area contributed by atoms with Gasteiger partial charge in [-0.25, -0.2) is 0 Å². The van der Waals surface area contributed by atoms with Crippen molar-refractivity contribution in [1.82, 2.24) is 0 Å². The van der Waals surface area contributed by atoms with E-state index in [9.17, 15) is 4.79 Å².